The number of hydrogen-bond donors (Lipinski definition) is 1. The Kier molecular flexibility index (Phi) is 5.47. The van der Waals surface area contributed by atoms with Crippen molar-refractivity contribution >= 4 is 5.69 Å². The fourth-order valence-corrected chi connectivity index (χ4v) is 3.31. The standard InChI is InChI=1S/C18H30N2/c1-5-8-15(4)20-13-17(11-14(2)3)19-12-16-9-6-7-10-18(16)20/h6-7,9-10,14-15,17,19H,5,8,11-13H2,1-4H3. The molecule has 0 saturated heterocycles. The van der Waals surface area contributed by atoms with Crippen LogP contribution in [0.2, 0.25) is 0 Å². The number of hydrogen-bond acceptors (Lipinski definition) is 2. The van der Waals surface area contributed by atoms with Crippen LogP contribution in [0.15, 0.2) is 24.3 Å². The third-order valence-electron chi connectivity index (χ3n) is 4.29. The number of anilines is 1. The minimum absolute atomic E-state index is 0.599. The molecule has 0 spiro atoms. The highest BCUT2D eigenvalue weighted by atomic mass is 15.2. The molecular weight excluding hydrogens is 244 g/mol. The molecule has 0 bridgehead atoms. The Morgan fingerprint density at radius 3 is 2.70 bits per heavy atom. The molecule has 1 aromatic carbocycles. The van der Waals surface area contributed by atoms with Crippen molar-refractivity contribution in [2.75, 3.05) is 11.4 Å². The largest absolute Gasteiger partial charge is 0.367 e. The molecule has 1 aromatic rings. The van der Waals surface area contributed by atoms with Crippen LogP contribution in [0.4, 0.5) is 5.69 Å². The Labute approximate surface area is 124 Å². The zero-order valence-electron chi connectivity index (χ0n) is 13.5. The van der Waals surface area contributed by atoms with Crippen molar-refractivity contribution in [1.29, 1.82) is 0 Å². The van der Waals surface area contributed by atoms with E-state index in [1.165, 1.54) is 30.5 Å². The lowest BCUT2D eigenvalue weighted by Crippen LogP contribution is -2.43. The molecule has 2 atom stereocenters. The van der Waals surface area contributed by atoms with E-state index in [1.54, 1.807) is 0 Å². The van der Waals surface area contributed by atoms with Gasteiger partial charge in [-0.3, -0.25) is 0 Å². The van der Waals surface area contributed by atoms with Gasteiger partial charge in [0.1, 0.15) is 0 Å². The van der Waals surface area contributed by atoms with E-state index < -0.39 is 0 Å². The highest BCUT2D eigenvalue weighted by Gasteiger charge is 2.24. The van der Waals surface area contributed by atoms with Crippen molar-refractivity contribution in [3.8, 4) is 0 Å². The summed E-state index contributed by atoms with van der Waals surface area (Å²) in [5, 5.41) is 3.75. The lowest BCUT2D eigenvalue weighted by Gasteiger charge is -2.34. The van der Waals surface area contributed by atoms with Gasteiger partial charge in [0.15, 0.2) is 0 Å². The van der Waals surface area contributed by atoms with Gasteiger partial charge in [0.25, 0.3) is 0 Å². The molecule has 0 radical (unpaired) electrons. The summed E-state index contributed by atoms with van der Waals surface area (Å²) in [5.41, 5.74) is 2.88. The Balaban J connectivity index is 2.22. The zero-order valence-corrected chi connectivity index (χ0v) is 13.5. The number of nitrogens with zero attached hydrogens (tertiary/aromatic N) is 1. The van der Waals surface area contributed by atoms with E-state index in [9.17, 15) is 0 Å². The quantitative estimate of drug-likeness (QED) is 0.865. The van der Waals surface area contributed by atoms with E-state index in [0.717, 1.165) is 19.0 Å². The molecule has 0 saturated carbocycles. The van der Waals surface area contributed by atoms with Gasteiger partial charge in [-0.1, -0.05) is 45.4 Å². The smallest absolute Gasteiger partial charge is 0.0414 e. The molecule has 2 nitrogen and oxygen atoms in total. The third kappa shape index (κ3) is 3.76. The third-order valence-corrected chi connectivity index (χ3v) is 4.29. The summed E-state index contributed by atoms with van der Waals surface area (Å²) in [6.07, 6.45) is 3.77. The van der Waals surface area contributed by atoms with Crippen molar-refractivity contribution in [3.63, 3.8) is 0 Å². The van der Waals surface area contributed by atoms with Gasteiger partial charge in [-0.25, -0.2) is 0 Å². The summed E-state index contributed by atoms with van der Waals surface area (Å²) in [7, 11) is 0. The van der Waals surface area contributed by atoms with Gasteiger partial charge in [0.2, 0.25) is 0 Å². The predicted molar refractivity (Wildman–Crippen MR) is 88.2 cm³/mol. The molecule has 0 aromatic heterocycles. The SMILES string of the molecule is CCCC(C)N1CC(CC(C)C)NCc2ccccc21. The molecule has 1 heterocycles. The maximum Gasteiger partial charge on any atom is 0.0414 e. The summed E-state index contributed by atoms with van der Waals surface area (Å²) >= 11 is 0. The lowest BCUT2D eigenvalue weighted by atomic mass is 10.0. The van der Waals surface area contributed by atoms with Gasteiger partial charge in [0, 0.05) is 30.9 Å². The summed E-state index contributed by atoms with van der Waals surface area (Å²) < 4.78 is 0. The molecule has 2 unspecified atom stereocenters. The van der Waals surface area contributed by atoms with Crippen LogP contribution in [-0.2, 0) is 6.54 Å². The first kappa shape index (κ1) is 15.4. The van der Waals surface area contributed by atoms with Gasteiger partial charge < -0.3 is 10.2 Å². The van der Waals surface area contributed by atoms with Gasteiger partial charge in [-0.05, 0) is 37.3 Å². The molecule has 112 valence electrons. The minimum Gasteiger partial charge on any atom is -0.367 e. The molecule has 0 amide bonds. The molecule has 1 aliphatic heterocycles. The van der Waals surface area contributed by atoms with Crippen LogP contribution in [0, 0.1) is 5.92 Å². The molecule has 20 heavy (non-hydrogen) atoms. The van der Waals surface area contributed by atoms with E-state index in [4.69, 9.17) is 0 Å². The average Bonchev–Trinajstić information content (AvgIpc) is 2.59. The average molecular weight is 274 g/mol. The molecule has 0 aliphatic carbocycles. The van der Waals surface area contributed by atoms with Crippen molar-refractivity contribution in [2.24, 2.45) is 5.92 Å². The first-order valence-corrected chi connectivity index (χ1v) is 8.19. The van der Waals surface area contributed by atoms with Crippen LogP contribution in [0.1, 0.15) is 52.5 Å². The molecule has 0 fully saturated rings. The van der Waals surface area contributed by atoms with Crippen LogP contribution >= 0.6 is 0 Å². The van der Waals surface area contributed by atoms with E-state index in [-0.39, 0.29) is 0 Å². The Morgan fingerprint density at radius 1 is 1.25 bits per heavy atom. The molecular formula is C18H30N2. The van der Waals surface area contributed by atoms with Crippen molar-refractivity contribution in [2.45, 2.75) is 65.6 Å². The van der Waals surface area contributed by atoms with E-state index in [1.807, 2.05) is 0 Å². The molecule has 1 aliphatic rings. The fraction of sp³-hybridized carbons (Fsp3) is 0.667. The van der Waals surface area contributed by atoms with E-state index >= 15 is 0 Å². The normalized spacial score (nSPS) is 20.6. The van der Waals surface area contributed by atoms with Crippen molar-refractivity contribution in [1.82, 2.24) is 5.32 Å². The second-order valence-corrected chi connectivity index (χ2v) is 6.63. The van der Waals surface area contributed by atoms with Crippen molar-refractivity contribution < 1.29 is 0 Å². The van der Waals surface area contributed by atoms with Crippen LogP contribution in [-0.4, -0.2) is 18.6 Å². The zero-order chi connectivity index (χ0) is 14.5. The minimum atomic E-state index is 0.599. The lowest BCUT2D eigenvalue weighted by molar-refractivity contribution is 0.411. The first-order valence-electron chi connectivity index (χ1n) is 8.19. The van der Waals surface area contributed by atoms with E-state index in [0.29, 0.717) is 12.1 Å². The highest BCUT2D eigenvalue weighted by molar-refractivity contribution is 5.55. The molecule has 2 heteroatoms. The number of para-hydroxylation sites is 1. The number of nitrogens with one attached hydrogen (secondary N) is 1. The van der Waals surface area contributed by atoms with E-state index in [2.05, 4.69) is 62.2 Å². The summed E-state index contributed by atoms with van der Waals surface area (Å²) in [5.74, 6) is 0.747. The maximum atomic E-state index is 3.75. The van der Waals surface area contributed by atoms with Gasteiger partial charge in [-0.15, -0.1) is 0 Å². The fourth-order valence-electron chi connectivity index (χ4n) is 3.31. The molecule has 2 rings (SSSR count). The van der Waals surface area contributed by atoms with Crippen LogP contribution in [0.25, 0.3) is 0 Å². The summed E-state index contributed by atoms with van der Waals surface area (Å²) in [6, 6.07) is 10.1. The van der Waals surface area contributed by atoms with Gasteiger partial charge in [-0.2, -0.15) is 0 Å². The predicted octanol–water partition coefficient (Wildman–Crippen LogP) is 4.20. The number of rotatable bonds is 5. The van der Waals surface area contributed by atoms with Gasteiger partial charge in [0.05, 0.1) is 0 Å². The highest BCUT2D eigenvalue weighted by Crippen LogP contribution is 2.27. The van der Waals surface area contributed by atoms with Gasteiger partial charge >= 0.3 is 0 Å². The number of benzene rings is 1. The topological polar surface area (TPSA) is 15.3 Å². The Bertz CT molecular complexity index is 414. The number of fused-ring (bicyclic) bond motifs is 1. The van der Waals surface area contributed by atoms with Crippen molar-refractivity contribution in [3.05, 3.63) is 29.8 Å². The second kappa shape index (κ2) is 7.12. The Morgan fingerprint density at radius 2 is 2.00 bits per heavy atom. The Hall–Kier alpha value is -1.02. The van der Waals surface area contributed by atoms with Crippen LogP contribution < -0.4 is 10.2 Å². The second-order valence-electron chi connectivity index (χ2n) is 6.63. The summed E-state index contributed by atoms with van der Waals surface area (Å²) in [6.45, 7) is 11.4. The first-order chi connectivity index (χ1) is 9.61. The van der Waals surface area contributed by atoms with Crippen LogP contribution in [0.5, 0.6) is 0 Å². The van der Waals surface area contributed by atoms with Crippen LogP contribution in [0.3, 0.4) is 0 Å². The summed E-state index contributed by atoms with van der Waals surface area (Å²) in [4.78, 5) is 2.63. The molecule has 1 N–H and O–H groups in total. The monoisotopic (exact) mass is 274 g/mol. The maximum absolute atomic E-state index is 3.75.